The largest absolute Gasteiger partial charge is 0.354 e. The molecule has 0 spiro atoms. The molecule has 2 saturated carbocycles. The number of benzene rings is 1. The van der Waals surface area contributed by atoms with Crippen LogP contribution in [0.5, 0.6) is 0 Å². The van der Waals surface area contributed by atoms with Crippen LogP contribution in [0.1, 0.15) is 62.1 Å². The molecular formula is C23H37Cl2N3O. The molecule has 2 aliphatic carbocycles. The molecule has 164 valence electrons. The van der Waals surface area contributed by atoms with Crippen LogP contribution in [0.4, 0.5) is 0 Å². The van der Waals surface area contributed by atoms with Crippen molar-refractivity contribution in [3.8, 4) is 0 Å². The number of hydrogen-bond acceptors (Lipinski definition) is 3. The zero-order chi connectivity index (χ0) is 18.8. The third kappa shape index (κ3) is 5.66. The van der Waals surface area contributed by atoms with E-state index in [1.165, 1.54) is 43.2 Å². The number of carbonyl (C=O) groups is 1. The predicted octanol–water partition coefficient (Wildman–Crippen LogP) is 4.25. The van der Waals surface area contributed by atoms with Gasteiger partial charge < -0.3 is 11.1 Å². The third-order valence-electron chi connectivity index (χ3n) is 7.30. The van der Waals surface area contributed by atoms with E-state index in [-0.39, 0.29) is 36.6 Å². The van der Waals surface area contributed by atoms with E-state index in [0.717, 1.165) is 32.5 Å². The molecule has 4 rings (SSSR count). The minimum absolute atomic E-state index is 0. The van der Waals surface area contributed by atoms with Crippen molar-refractivity contribution in [3.05, 3.63) is 35.4 Å². The second-order valence-corrected chi connectivity index (χ2v) is 9.11. The number of carbonyl (C=O) groups excluding carboxylic acids is 1. The second-order valence-electron chi connectivity index (χ2n) is 9.11. The van der Waals surface area contributed by atoms with E-state index in [1.54, 1.807) is 0 Å². The van der Waals surface area contributed by atoms with Crippen LogP contribution in [-0.2, 0) is 4.79 Å². The van der Waals surface area contributed by atoms with E-state index >= 15 is 0 Å². The fourth-order valence-corrected chi connectivity index (χ4v) is 5.64. The van der Waals surface area contributed by atoms with Gasteiger partial charge in [-0.1, -0.05) is 36.2 Å². The molecule has 3 fully saturated rings. The highest BCUT2D eigenvalue weighted by molar-refractivity contribution is 5.85. The van der Waals surface area contributed by atoms with E-state index in [2.05, 4.69) is 41.4 Å². The summed E-state index contributed by atoms with van der Waals surface area (Å²) in [5, 5.41) is 3.33. The number of nitrogens with zero attached hydrogens (tertiary/aromatic N) is 1. The highest BCUT2D eigenvalue weighted by Crippen LogP contribution is 2.42. The lowest BCUT2D eigenvalue weighted by atomic mass is 9.65. The molecule has 6 heteroatoms. The molecule has 1 aliphatic heterocycles. The predicted molar refractivity (Wildman–Crippen MR) is 124 cm³/mol. The standard InChI is InChI=1S/C23H35N3O.2ClH/c1-16-7-9-17(10-8-16)21(26-11-2-3-12-26)15-25-23(27)20-13-18-5-4-6-19(14-20)22(18)24;;/h7-10,18-22H,2-6,11-15,24H2,1H3,(H,25,27);2*1H. The smallest absolute Gasteiger partial charge is 0.223 e. The molecule has 0 radical (unpaired) electrons. The lowest BCUT2D eigenvalue weighted by Crippen LogP contribution is -2.49. The molecule has 3 aliphatic rings. The second kappa shape index (κ2) is 11.0. The Balaban J connectivity index is 0.00000150. The molecule has 3 N–H and O–H groups in total. The van der Waals surface area contributed by atoms with E-state index in [9.17, 15) is 4.79 Å². The Morgan fingerprint density at radius 1 is 1.07 bits per heavy atom. The number of nitrogens with two attached hydrogens (primary N) is 1. The van der Waals surface area contributed by atoms with E-state index in [4.69, 9.17) is 5.73 Å². The average Bonchev–Trinajstić information content (AvgIpc) is 3.17. The lowest BCUT2D eigenvalue weighted by Gasteiger charge is -2.43. The van der Waals surface area contributed by atoms with Gasteiger partial charge in [0.25, 0.3) is 0 Å². The van der Waals surface area contributed by atoms with Crippen molar-refractivity contribution in [1.82, 2.24) is 10.2 Å². The van der Waals surface area contributed by atoms with Crippen molar-refractivity contribution >= 4 is 30.7 Å². The molecule has 1 saturated heterocycles. The van der Waals surface area contributed by atoms with Crippen LogP contribution in [0.25, 0.3) is 0 Å². The summed E-state index contributed by atoms with van der Waals surface area (Å²) in [6, 6.07) is 9.45. The number of fused-ring (bicyclic) bond motifs is 2. The highest BCUT2D eigenvalue weighted by atomic mass is 35.5. The number of halogens is 2. The summed E-state index contributed by atoms with van der Waals surface area (Å²) in [6.45, 7) is 5.12. The summed E-state index contributed by atoms with van der Waals surface area (Å²) in [4.78, 5) is 15.5. The van der Waals surface area contributed by atoms with Crippen molar-refractivity contribution in [2.75, 3.05) is 19.6 Å². The maximum atomic E-state index is 13.0. The monoisotopic (exact) mass is 441 g/mol. The van der Waals surface area contributed by atoms with Crippen LogP contribution >= 0.6 is 24.8 Å². The molecule has 3 atom stereocenters. The summed E-state index contributed by atoms with van der Waals surface area (Å²) in [7, 11) is 0. The molecular weight excluding hydrogens is 405 g/mol. The maximum absolute atomic E-state index is 13.0. The van der Waals surface area contributed by atoms with Gasteiger partial charge in [0.05, 0.1) is 6.04 Å². The quantitative estimate of drug-likeness (QED) is 0.717. The fraction of sp³-hybridized carbons (Fsp3) is 0.696. The van der Waals surface area contributed by atoms with Crippen LogP contribution < -0.4 is 11.1 Å². The first-order valence-corrected chi connectivity index (χ1v) is 11.0. The van der Waals surface area contributed by atoms with E-state index < -0.39 is 0 Å². The molecule has 1 amide bonds. The Hall–Kier alpha value is -0.810. The van der Waals surface area contributed by atoms with Gasteiger partial charge in [-0.2, -0.15) is 0 Å². The van der Waals surface area contributed by atoms with Gasteiger partial charge in [-0.15, -0.1) is 24.8 Å². The summed E-state index contributed by atoms with van der Waals surface area (Å²) in [6.07, 6.45) is 8.22. The number of aryl methyl sites for hydroxylation is 1. The summed E-state index contributed by atoms with van der Waals surface area (Å²) >= 11 is 0. The van der Waals surface area contributed by atoms with Gasteiger partial charge in [-0.05, 0) is 75.9 Å². The van der Waals surface area contributed by atoms with Gasteiger partial charge in [-0.25, -0.2) is 0 Å². The fourth-order valence-electron chi connectivity index (χ4n) is 5.64. The molecule has 0 aromatic heterocycles. The van der Waals surface area contributed by atoms with Crippen LogP contribution in [0, 0.1) is 24.7 Å². The van der Waals surface area contributed by atoms with Crippen molar-refractivity contribution in [3.63, 3.8) is 0 Å². The van der Waals surface area contributed by atoms with Crippen molar-refractivity contribution in [2.24, 2.45) is 23.5 Å². The Morgan fingerprint density at radius 3 is 2.24 bits per heavy atom. The van der Waals surface area contributed by atoms with E-state index in [0.29, 0.717) is 23.9 Å². The average molecular weight is 442 g/mol. The summed E-state index contributed by atoms with van der Waals surface area (Å²) < 4.78 is 0. The van der Waals surface area contributed by atoms with Gasteiger partial charge in [0.1, 0.15) is 0 Å². The Bertz CT molecular complexity index is 634. The van der Waals surface area contributed by atoms with Gasteiger partial charge >= 0.3 is 0 Å². The highest BCUT2D eigenvalue weighted by Gasteiger charge is 2.40. The van der Waals surface area contributed by atoms with Gasteiger partial charge in [0.2, 0.25) is 5.91 Å². The molecule has 1 heterocycles. The number of amides is 1. The van der Waals surface area contributed by atoms with E-state index in [1.807, 2.05) is 0 Å². The van der Waals surface area contributed by atoms with Crippen molar-refractivity contribution in [2.45, 2.75) is 64.0 Å². The first-order chi connectivity index (χ1) is 13.1. The Labute approximate surface area is 188 Å². The number of likely N-dealkylation sites (tertiary alicyclic amines) is 1. The van der Waals surface area contributed by atoms with Gasteiger partial charge in [0.15, 0.2) is 0 Å². The van der Waals surface area contributed by atoms with Gasteiger partial charge in [0, 0.05) is 18.5 Å². The lowest BCUT2D eigenvalue weighted by molar-refractivity contribution is -0.128. The third-order valence-corrected chi connectivity index (χ3v) is 7.30. The molecule has 29 heavy (non-hydrogen) atoms. The zero-order valence-corrected chi connectivity index (χ0v) is 19.1. The normalized spacial score (nSPS) is 30.0. The van der Waals surface area contributed by atoms with Crippen molar-refractivity contribution in [1.29, 1.82) is 0 Å². The number of hydrogen-bond donors (Lipinski definition) is 2. The van der Waals surface area contributed by atoms with Gasteiger partial charge in [-0.3, -0.25) is 9.69 Å². The summed E-state index contributed by atoms with van der Waals surface area (Å²) in [5.41, 5.74) is 9.01. The SMILES string of the molecule is Cc1ccc(C(CNC(=O)C2CC3CCCC(C2)C3N)N2CCCC2)cc1.Cl.Cl. The molecule has 2 bridgehead atoms. The molecule has 3 unspecified atom stereocenters. The Morgan fingerprint density at radius 2 is 1.66 bits per heavy atom. The van der Waals surface area contributed by atoms with Crippen LogP contribution in [-0.4, -0.2) is 36.5 Å². The zero-order valence-electron chi connectivity index (χ0n) is 17.5. The maximum Gasteiger partial charge on any atom is 0.223 e. The minimum Gasteiger partial charge on any atom is -0.354 e. The van der Waals surface area contributed by atoms with Crippen LogP contribution in [0.3, 0.4) is 0 Å². The molecule has 1 aromatic rings. The number of rotatable bonds is 5. The molecule has 1 aromatic carbocycles. The molecule has 4 nitrogen and oxygen atoms in total. The van der Waals surface area contributed by atoms with Crippen molar-refractivity contribution < 1.29 is 4.79 Å². The number of nitrogens with one attached hydrogen (secondary N) is 1. The first kappa shape index (κ1) is 24.5. The topological polar surface area (TPSA) is 58.4 Å². The summed E-state index contributed by atoms with van der Waals surface area (Å²) in [5.74, 6) is 1.53. The Kier molecular flexibility index (Phi) is 9.27. The first-order valence-electron chi connectivity index (χ1n) is 11.0. The van der Waals surface area contributed by atoms with Crippen LogP contribution in [0.15, 0.2) is 24.3 Å². The minimum atomic E-state index is 0. The van der Waals surface area contributed by atoms with Crippen LogP contribution in [0.2, 0.25) is 0 Å².